The summed E-state index contributed by atoms with van der Waals surface area (Å²) in [5.74, 6) is -0.521. The minimum absolute atomic E-state index is 0.00508. The highest BCUT2D eigenvalue weighted by atomic mass is 32.2. The Bertz CT molecular complexity index is 455. The topological polar surface area (TPSA) is 80.3 Å². The average Bonchev–Trinajstić information content (AvgIpc) is 2.72. The summed E-state index contributed by atoms with van der Waals surface area (Å²) >= 11 is 0. The molecule has 0 saturated heterocycles. The molecule has 5 nitrogen and oxygen atoms in total. The number of sulfone groups is 2. The highest BCUT2D eigenvalue weighted by molar-refractivity contribution is 7.95. The van der Waals surface area contributed by atoms with Crippen LogP contribution in [0.15, 0.2) is 0 Å². The zero-order valence-electron chi connectivity index (χ0n) is 11.1. The van der Waals surface area contributed by atoms with Crippen LogP contribution in [0.2, 0.25) is 0 Å². The predicted molar refractivity (Wildman–Crippen MR) is 73.2 cm³/mol. The molecule has 1 rings (SSSR count). The van der Waals surface area contributed by atoms with Crippen molar-refractivity contribution in [1.29, 1.82) is 0 Å². The van der Waals surface area contributed by atoms with Crippen molar-refractivity contribution in [3.05, 3.63) is 0 Å². The summed E-state index contributed by atoms with van der Waals surface area (Å²) in [6.45, 7) is 2.85. The summed E-state index contributed by atoms with van der Waals surface area (Å²) in [6, 6.07) is -0.00508. The van der Waals surface area contributed by atoms with Gasteiger partial charge in [0, 0.05) is 12.3 Å². The first-order chi connectivity index (χ1) is 8.26. The van der Waals surface area contributed by atoms with E-state index in [0.717, 1.165) is 32.1 Å². The van der Waals surface area contributed by atoms with Crippen LogP contribution in [0.1, 0.15) is 32.6 Å². The van der Waals surface area contributed by atoms with E-state index >= 15 is 0 Å². The second-order valence-corrected chi connectivity index (χ2v) is 9.63. The first-order valence-electron chi connectivity index (χ1n) is 6.39. The molecule has 0 aromatic carbocycles. The van der Waals surface area contributed by atoms with Crippen molar-refractivity contribution >= 4 is 19.7 Å². The van der Waals surface area contributed by atoms with Crippen molar-refractivity contribution in [2.75, 3.05) is 24.3 Å². The fourth-order valence-corrected chi connectivity index (χ4v) is 6.04. The molecule has 1 aliphatic carbocycles. The van der Waals surface area contributed by atoms with E-state index in [1.807, 2.05) is 6.92 Å². The van der Waals surface area contributed by atoms with E-state index in [9.17, 15) is 16.8 Å². The lowest BCUT2D eigenvalue weighted by Gasteiger charge is -2.20. The van der Waals surface area contributed by atoms with Gasteiger partial charge in [-0.3, -0.25) is 0 Å². The van der Waals surface area contributed by atoms with Gasteiger partial charge >= 0.3 is 0 Å². The van der Waals surface area contributed by atoms with E-state index in [1.54, 1.807) is 0 Å². The molecule has 0 radical (unpaired) electrons. The Morgan fingerprint density at radius 3 is 2.33 bits per heavy atom. The quantitative estimate of drug-likeness (QED) is 0.734. The molecule has 2 unspecified atom stereocenters. The van der Waals surface area contributed by atoms with E-state index in [1.165, 1.54) is 0 Å². The van der Waals surface area contributed by atoms with Gasteiger partial charge in [-0.05, 0) is 25.8 Å². The average molecular weight is 297 g/mol. The molecule has 0 heterocycles. The molecule has 0 spiro atoms. The first-order valence-corrected chi connectivity index (χ1v) is 10.2. The second-order valence-electron chi connectivity index (χ2n) is 5.03. The second kappa shape index (κ2) is 6.34. The lowest BCUT2D eigenvalue weighted by molar-refractivity contribution is 0.505. The standard InChI is InChI=1S/C11H23NO4S2/c1-3-7-12-10-5-4-6-11(10)18(15,16)9-8-17(2,13)14/h10-12H,3-9H2,1-2H3. The lowest BCUT2D eigenvalue weighted by atomic mass is 10.2. The maximum Gasteiger partial charge on any atom is 0.155 e. The van der Waals surface area contributed by atoms with Crippen LogP contribution in [-0.2, 0) is 19.7 Å². The Hall–Kier alpha value is -0.140. The summed E-state index contributed by atoms with van der Waals surface area (Å²) < 4.78 is 46.4. The van der Waals surface area contributed by atoms with Gasteiger partial charge in [-0.25, -0.2) is 16.8 Å². The van der Waals surface area contributed by atoms with Gasteiger partial charge in [0.15, 0.2) is 9.84 Å². The molecule has 0 aliphatic heterocycles. The third-order valence-corrected chi connectivity index (χ3v) is 6.77. The number of nitrogens with one attached hydrogen (secondary N) is 1. The van der Waals surface area contributed by atoms with Crippen molar-refractivity contribution < 1.29 is 16.8 Å². The van der Waals surface area contributed by atoms with Crippen LogP contribution in [0.25, 0.3) is 0 Å². The molecule has 1 N–H and O–H groups in total. The third kappa shape index (κ3) is 4.85. The van der Waals surface area contributed by atoms with Crippen molar-refractivity contribution in [3.8, 4) is 0 Å². The fraction of sp³-hybridized carbons (Fsp3) is 1.00. The number of hydrogen-bond donors (Lipinski definition) is 1. The van der Waals surface area contributed by atoms with Crippen LogP contribution < -0.4 is 5.32 Å². The molecular weight excluding hydrogens is 274 g/mol. The van der Waals surface area contributed by atoms with Gasteiger partial charge < -0.3 is 5.32 Å². The van der Waals surface area contributed by atoms with Gasteiger partial charge in [0.25, 0.3) is 0 Å². The molecule has 2 atom stereocenters. The van der Waals surface area contributed by atoms with Crippen molar-refractivity contribution in [1.82, 2.24) is 5.32 Å². The zero-order valence-corrected chi connectivity index (χ0v) is 12.7. The van der Waals surface area contributed by atoms with E-state index in [2.05, 4.69) is 5.32 Å². The van der Waals surface area contributed by atoms with Crippen molar-refractivity contribution in [2.24, 2.45) is 0 Å². The lowest BCUT2D eigenvalue weighted by Crippen LogP contribution is -2.42. The summed E-state index contributed by atoms with van der Waals surface area (Å²) in [5, 5.41) is 2.84. The Labute approximate surface area is 110 Å². The zero-order chi connectivity index (χ0) is 13.8. The molecule has 1 fully saturated rings. The third-order valence-electron chi connectivity index (χ3n) is 3.31. The van der Waals surface area contributed by atoms with Gasteiger partial charge in [-0.1, -0.05) is 13.3 Å². The Morgan fingerprint density at radius 2 is 1.78 bits per heavy atom. The Balaban J connectivity index is 2.65. The summed E-state index contributed by atoms with van der Waals surface area (Å²) in [5.41, 5.74) is 0. The normalized spacial score (nSPS) is 25.4. The minimum atomic E-state index is -3.31. The van der Waals surface area contributed by atoms with Crippen LogP contribution >= 0.6 is 0 Å². The smallest absolute Gasteiger partial charge is 0.155 e. The molecule has 0 bridgehead atoms. The maximum atomic E-state index is 12.1. The summed E-state index contributed by atoms with van der Waals surface area (Å²) in [4.78, 5) is 0. The van der Waals surface area contributed by atoms with Crippen LogP contribution in [-0.4, -0.2) is 52.4 Å². The van der Waals surface area contributed by atoms with E-state index in [-0.39, 0.29) is 17.5 Å². The van der Waals surface area contributed by atoms with E-state index in [4.69, 9.17) is 0 Å². The van der Waals surface area contributed by atoms with Gasteiger partial charge in [0.05, 0.1) is 16.8 Å². The minimum Gasteiger partial charge on any atom is -0.313 e. The van der Waals surface area contributed by atoms with Gasteiger partial charge in [-0.15, -0.1) is 0 Å². The molecule has 18 heavy (non-hydrogen) atoms. The molecule has 0 amide bonds. The van der Waals surface area contributed by atoms with Crippen LogP contribution in [0.3, 0.4) is 0 Å². The Morgan fingerprint density at radius 1 is 1.11 bits per heavy atom. The maximum absolute atomic E-state index is 12.1. The Kier molecular flexibility index (Phi) is 5.61. The van der Waals surface area contributed by atoms with Crippen LogP contribution in [0.5, 0.6) is 0 Å². The molecule has 1 saturated carbocycles. The summed E-state index contributed by atoms with van der Waals surface area (Å²) in [7, 11) is -6.54. The SMILES string of the molecule is CCCNC1CCCC1S(=O)(=O)CCS(C)(=O)=O. The largest absolute Gasteiger partial charge is 0.313 e. The molecule has 1 aliphatic rings. The van der Waals surface area contributed by atoms with Crippen molar-refractivity contribution in [3.63, 3.8) is 0 Å². The van der Waals surface area contributed by atoms with Gasteiger partial charge in [0.2, 0.25) is 0 Å². The highest BCUT2D eigenvalue weighted by Gasteiger charge is 2.36. The van der Waals surface area contributed by atoms with Crippen LogP contribution in [0, 0.1) is 0 Å². The number of hydrogen-bond acceptors (Lipinski definition) is 5. The molecule has 0 aromatic rings. The highest BCUT2D eigenvalue weighted by Crippen LogP contribution is 2.26. The summed E-state index contributed by atoms with van der Waals surface area (Å²) in [6.07, 6.45) is 4.44. The van der Waals surface area contributed by atoms with Crippen LogP contribution in [0.4, 0.5) is 0 Å². The van der Waals surface area contributed by atoms with Gasteiger partial charge in [0.1, 0.15) is 9.84 Å². The molecule has 108 valence electrons. The van der Waals surface area contributed by atoms with Crippen molar-refractivity contribution in [2.45, 2.75) is 43.9 Å². The fourth-order valence-electron chi connectivity index (χ4n) is 2.34. The van der Waals surface area contributed by atoms with E-state index in [0.29, 0.717) is 6.42 Å². The molecule has 7 heteroatoms. The molecular formula is C11H23NO4S2. The first kappa shape index (κ1) is 15.9. The number of rotatable bonds is 7. The molecule has 0 aromatic heterocycles. The van der Waals surface area contributed by atoms with Gasteiger partial charge in [-0.2, -0.15) is 0 Å². The monoisotopic (exact) mass is 297 g/mol. The van der Waals surface area contributed by atoms with E-state index < -0.39 is 24.9 Å². The predicted octanol–water partition coefficient (Wildman–Crippen LogP) is 0.367.